The molecule has 1 unspecified atom stereocenters. The molecule has 0 radical (unpaired) electrons. The van der Waals surface area contributed by atoms with Crippen molar-refractivity contribution in [2.45, 2.75) is 97.8 Å². The molecule has 0 nitrogen and oxygen atoms in total. The minimum Gasteiger partial charge on any atom is -0.0807 e. The van der Waals surface area contributed by atoms with Crippen molar-refractivity contribution >= 4 is 5.57 Å². The van der Waals surface area contributed by atoms with Crippen LogP contribution in [0.25, 0.3) is 5.57 Å². The van der Waals surface area contributed by atoms with Crippen molar-refractivity contribution in [3.63, 3.8) is 0 Å². The molecule has 1 atom stereocenters. The van der Waals surface area contributed by atoms with Gasteiger partial charge < -0.3 is 0 Å². The summed E-state index contributed by atoms with van der Waals surface area (Å²) in [6.07, 6.45) is 20.0. The van der Waals surface area contributed by atoms with Crippen molar-refractivity contribution < 1.29 is 0 Å². The second-order valence-corrected chi connectivity index (χ2v) is 10.2. The van der Waals surface area contributed by atoms with Crippen molar-refractivity contribution in [2.75, 3.05) is 0 Å². The summed E-state index contributed by atoms with van der Waals surface area (Å²) in [5, 5.41) is 0. The molecule has 150 valence electrons. The lowest BCUT2D eigenvalue weighted by Crippen LogP contribution is -2.31. The maximum atomic E-state index is 2.59. The summed E-state index contributed by atoms with van der Waals surface area (Å²) in [4.78, 5) is 0. The van der Waals surface area contributed by atoms with E-state index in [4.69, 9.17) is 0 Å². The Morgan fingerprint density at radius 3 is 2.15 bits per heavy atom. The van der Waals surface area contributed by atoms with E-state index in [0.717, 1.165) is 17.8 Å². The summed E-state index contributed by atoms with van der Waals surface area (Å²) < 4.78 is 0. The largest absolute Gasteiger partial charge is 0.0807 e. The van der Waals surface area contributed by atoms with Gasteiger partial charge in [0.1, 0.15) is 0 Å². The molecule has 2 aliphatic rings. The first-order valence-electron chi connectivity index (χ1n) is 11.8. The van der Waals surface area contributed by atoms with Crippen molar-refractivity contribution in [1.29, 1.82) is 0 Å². The fraction of sp³-hybridized carbons (Fsp3) is 0.704. The monoisotopic (exact) mass is 366 g/mol. The van der Waals surface area contributed by atoms with E-state index < -0.39 is 0 Å². The van der Waals surface area contributed by atoms with Gasteiger partial charge in [0.25, 0.3) is 0 Å². The molecule has 2 aliphatic carbocycles. The van der Waals surface area contributed by atoms with Crippen molar-refractivity contribution in [3.05, 3.63) is 42.0 Å². The van der Waals surface area contributed by atoms with Gasteiger partial charge in [-0.2, -0.15) is 0 Å². The van der Waals surface area contributed by atoms with Gasteiger partial charge in [0.2, 0.25) is 0 Å². The topological polar surface area (TPSA) is 0 Å². The molecule has 0 heterocycles. The Balaban J connectivity index is 1.70. The third-order valence-corrected chi connectivity index (χ3v) is 7.77. The molecule has 27 heavy (non-hydrogen) atoms. The minimum absolute atomic E-state index is 0.511. The summed E-state index contributed by atoms with van der Waals surface area (Å²) in [5.41, 5.74) is 3.37. The maximum absolute atomic E-state index is 2.59. The van der Waals surface area contributed by atoms with Gasteiger partial charge in [0.05, 0.1) is 0 Å². The second kappa shape index (κ2) is 9.94. The highest BCUT2D eigenvalue weighted by Crippen LogP contribution is 2.46. The van der Waals surface area contributed by atoms with Gasteiger partial charge in [-0.3, -0.25) is 0 Å². The van der Waals surface area contributed by atoms with Gasteiger partial charge in [0.15, 0.2) is 0 Å². The molecule has 2 fully saturated rings. The van der Waals surface area contributed by atoms with Crippen LogP contribution in [-0.4, -0.2) is 0 Å². The molecule has 0 saturated heterocycles. The molecule has 1 aromatic rings. The fourth-order valence-corrected chi connectivity index (χ4v) is 5.92. The van der Waals surface area contributed by atoms with E-state index in [1.54, 1.807) is 0 Å². The van der Waals surface area contributed by atoms with Crippen molar-refractivity contribution in [2.24, 2.45) is 23.2 Å². The molecule has 0 bridgehead atoms. The van der Waals surface area contributed by atoms with Crippen LogP contribution in [0, 0.1) is 23.2 Å². The zero-order chi connectivity index (χ0) is 19.1. The van der Waals surface area contributed by atoms with Crippen LogP contribution in [0.15, 0.2) is 36.4 Å². The van der Waals surface area contributed by atoms with E-state index in [9.17, 15) is 0 Å². The van der Waals surface area contributed by atoms with Crippen LogP contribution in [0.3, 0.4) is 0 Å². The van der Waals surface area contributed by atoms with E-state index in [0.29, 0.717) is 5.41 Å². The summed E-state index contributed by atoms with van der Waals surface area (Å²) in [6.45, 7) is 7.48. The third-order valence-electron chi connectivity index (χ3n) is 7.77. The second-order valence-electron chi connectivity index (χ2n) is 10.2. The quantitative estimate of drug-likeness (QED) is 0.453. The van der Waals surface area contributed by atoms with Crippen LogP contribution in [0.1, 0.15) is 103 Å². The van der Waals surface area contributed by atoms with Crippen LogP contribution in [-0.2, 0) is 0 Å². The molecule has 0 aromatic heterocycles. The summed E-state index contributed by atoms with van der Waals surface area (Å²) in [7, 11) is 0. The Hall–Kier alpha value is -1.04. The standard InChI is InChI=1S/C27H42/c1-22(23-13-7-4-8-14-23)19-20-25(24-15-9-5-10-16-24)21-27(2,3)26-17-11-6-12-18-26/h4,7-8,13-14,19,24-26H,5-6,9-12,15-18,20-21H2,1-3H3. The first-order chi connectivity index (χ1) is 13.1. The van der Waals surface area contributed by atoms with Crippen LogP contribution in [0.2, 0.25) is 0 Å². The maximum Gasteiger partial charge on any atom is -0.0231 e. The fourth-order valence-electron chi connectivity index (χ4n) is 5.92. The summed E-state index contributed by atoms with van der Waals surface area (Å²) in [6, 6.07) is 11.0. The first kappa shape index (κ1) is 20.7. The average molecular weight is 367 g/mol. The van der Waals surface area contributed by atoms with E-state index >= 15 is 0 Å². The SMILES string of the molecule is CC(=CCC(CC(C)(C)C1CCCCC1)C1CCCCC1)c1ccccc1. The molecule has 0 aliphatic heterocycles. The average Bonchev–Trinajstić information content (AvgIpc) is 2.73. The number of hydrogen-bond acceptors (Lipinski definition) is 0. The molecule has 0 spiro atoms. The van der Waals surface area contributed by atoms with Gasteiger partial charge in [-0.05, 0) is 66.9 Å². The van der Waals surface area contributed by atoms with Crippen molar-refractivity contribution in [3.8, 4) is 0 Å². The molecular formula is C27H42. The van der Waals surface area contributed by atoms with Crippen LogP contribution in [0.4, 0.5) is 0 Å². The number of rotatable bonds is 7. The predicted molar refractivity (Wildman–Crippen MR) is 120 cm³/mol. The predicted octanol–water partition coefficient (Wildman–Crippen LogP) is 8.67. The van der Waals surface area contributed by atoms with Gasteiger partial charge in [0, 0.05) is 0 Å². The lowest BCUT2D eigenvalue weighted by atomic mass is 9.64. The first-order valence-corrected chi connectivity index (χ1v) is 11.8. The smallest absolute Gasteiger partial charge is 0.0231 e. The molecule has 3 rings (SSSR count). The highest BCUT2D eigenvalue weighted by atomic mass is 14.4. The minimum atomic E-state index is 0.511. The number of hydrogen-bond donors (Lipinski definition) is 0. The molecule has 0 heteroatoms. The van der Waals surface area contributed by atoms with E-state index in [1.807, 2.05) is 0 Å². The highest BCUT2D eigenvalue weighted by Gasteiger charge is 2.35. The molecular weight excluding hydrogens is 324 g/mol. The number of allylic oxidation sites excluding steroid dienone is 2. The van der Waals surface area contributed by atoms with Gasteiger partial charge in [-0.1, -0.05) is 102 Å². The van der Waals surface area contributed by atoms with Crippen LogP contribution < -0.4 is 0 Å². The van der Waals surface area contributed by atoms with Gasteiger partial charge >= 0.3 is 0 Å². The lowest BCUT2D eigenvalue weighted by Gasteiger charge is -2.42. The van der Waals surface area contributed by atoms with Crippen molar-refractivity contribution in [1.82, 2.24) is 0 Å². The normalized spacial score (nSPS) is 22.0. The Labute approximate surface area is 168 Å². The summed E-state index contributed by atoms with van der Waals surface area (Å²) in [5.74, 6) is 2.79. The van der Waals surface area contributed by atoms with E-state index in [1.165, 1.54) is 88.2 Å². The Kier molecular flexibility index (Phi) is 7.62. The Bertz CT molecular complexity index is 567. The van der Waals surface area contributed by atoms with E-state index in [2.05, 4.69) is 57.2 Å². The zero-order valence-corrected chi connectivity index (χ0v) is 18.2. The van der Waals surface area contributed by atoms with Gasteiger partial charge in [-0.15, -0.1) is 0 Å². The molecule has 1 aromatic carbocycles. The van der Waals surface area contributed by atoms with E-state index in [-0.39, 0.29) is 0 Å². The molecule has 0 N–H and O–H groups in total. The Morgan fingerprint density at radius 1 is 0.926 bits per heavy atom. The van der Waals surface area contributed by atoms with Crippen LogP contribution in [0.5, 0.6) is 0 Å². The van der Waals surface area contributed by atoms with Gasteiger partial charge in [-0.25, -0.2) is 0 Å². The molecule has 2 saturated carbocycles. The lowest BCUT2D eigenvalue weighted by molar-refractivity contribution is 0.0938. The Morgan fingerprint density at radius 2 is 1.52 bits per heavy atom. The molecule has 0 amide bonds. The number of benzene rings is 1. The van der Waals surface area contributed by atoms with Crippen LogP contribution >= 0.6 is 0 Å². The third kappa shape index (κ3) is 5.97. The highest BCUT2D eigenvalue weighted by molar-refractivity contribution is 5.63. The zero-order valence-electron chi connectivity index (χ0n) is 18.2. The summed E-state index contributed by atoms with van der Waals surface area (Å²) >= 11 is 0.